The van der Waals surface area contributed by atoms with Crippen molar-refractivity contribution >= 4 is 10.8 Å². The summed E-state index contributed by atoms with van der Waals surface area (Å²) in [5, 5.41) is -1.45. The maximum Gasteiger partial charge on any atom is 0.458 e. The first-order chi connectivity index (χ1) is 17.4. The smallest absolute Gasteiger partial charge is 0.429 e. The van der Waals surface area contributed by atoms with Crippen LogP contribution in [0.3, 0.4) is 0 Å². The number of benzene rings is 3. The second-order valence-corrected chi connectivity index (χ2v) is 8.42. The standard InChI is InChI=1S/C27H18F8O2/c1-2-19-8-5-16(14-36-19)15-3-6-18(7-4-15)27(34,35)37-20-11-17-12-22(28)21(9-10-26(31,32)33)25(30)24(17)23(29)13-20/h2-4,6-7,11-13,16,19H,1,5,8,14H2. The molecule has 0 saturated carbocycles. The molecule has 10 heteroatoms. The van der Waals surface area contributed by atoms with Crippen LogP contribution in [-0.4, -0.2) is 18.9 Å². The molecule has 1 saturated heterocycles. The van der Waals surface area contributed by atoms with Crippen molar-refractivity contribution in [2.75, 3.05) is 6.61 Å². The zero-order valence-electron chi connectivity index (χ0n) is 18.9. The van der Waals surface area contributed by atoms with Crippen LogP contribution in [0.15, 0.2) is 55.1 Å². The highest BCUT2D eigenvalue weighted by Gasteiger charge is 2.35. The summed E-state index contributed by atoms with van der Waals surface area (Å²) in [5.41, 5.74) is -1.06. The van der Waals surface area contributed by atoms with Gasteiger partial charge in [0.25, 0.3) is 0 Å². The Hall–Kier alpha value is -3.58. The highest BCUT2D eigenvalue weighted by Crippen LogP contribution is 2.37. The van der Waals surface area contributed by atoms with E-state index in [1.54, 1.807) is 6.08 Å². The van der Waals surface area contributed by atoms with Gasteiger partial charge in [0.15, 0.2) is 5.82 Å². The molecule has 1 aliphatic heterocycles. The Bertz CT molecular complexity index is 1380. The van der Waals surface area contributed by atoms with Crippen molar-refractivity contribution in [3.63, 3.8) is 0 Å². The summed E-state index contributed by atoms with van der Waals surface area (Å²) in [4.78, 5) is 0. The number of alkyl halides is 5. The van der Waals surface area contributed by atoms with E-state index in [-0.39, 0.29) is 12.0 Å². The minimum Gasteiger partial charge on any atom is -0.429 e. The number of halogens is 8. The molecular formula is C27H18F8O2. The zero-order valence-corrected chi connectivity index (χ0v) is 18.9. The second-order valence-electron chi connectivity index (χ2n) is 8.42. The van der Waals surface area contributed by atoms with Gasteiger partial charge in [0.1, 0.15) is 17.4 Å². The van der Waals surface area contributed by atoms with Crippen LogP contribution < -0.4 is 4.74 Å². The highest BCUT2D eigenvalue weighted by molar-refractivity contribution is 5.87. The van der Waals surface area contributed by atoms with Crippen LogP contribution in [0.2, 0.25) is 0 Å². The van der Waals surface area contributed by atoms with Gasteiger partial charge in [-0.15, -0.1) is 6.58 Å². The van der Waals surface area contributed by atoms with Crippen molar-refractivity contribution in [3.05, 3.63) is 89.3 Å². The Labute approximate surface area is 206 Å². The maximum absolute atomic E-state index is 14.8. The predicted octanol–water partition coefficient (Wildman–Crippen LogP) is 7.75. The van der Waals surface area contributed by atoms with Crippen LogP contribution in [-0.2, 0) is 10.8 Å². The van der Waals surface area contributed by atoms with Crippen molar-refractivity contribution in [1.29, 1.82) is 0 Å². The van der Waals surface area contributed by atoms with E-state index in [9.17, 15) is 35.1 Å². The first-order valence-corrected chi connectivity index (χ1v) is 11.0. The molecule has 194 valence electrons. The molecule has 0 amide bonds. The largest absolute Gasteiger partial charge is 0.458 e. The molecule has 1 fully saturated rings. The van der Waals surface area contributed by atoms with E-state index in [1.165, 1.54) is 18.1 Å². The minimum atomic E-state index is -5.04. The van der Waals surface area contributed by atoms with E-state index in [1.807, 2.05) is 0 Å². The molecule has 3 aromatic rings. The zero-order chi connectivity index (χ0) is 27.0. The Morgan fingerprint density at radius 1 is 0.946 bits per heavy atom. The number of rotatable bonds is 5. The SMILES string of the molecule is C=CC1CCC(c2ccc(C(F)(F)Oc3cc(F)c4c(F)c(C#CC(F)(F)F)c(F)cc4c3)cc2)CO1. The van der Waals surface area contributed by atoms with Crippen molar-refractivity contribution in [2.45, 2.75) is 37.1 Å². The monoisotopic (exact) mass is 526 g/mol. The van der Waals surface area contributed by atoms with Gasteiger partial charge in [0.2, 0.25) is 0 Å². The maximum atomic E-state index is 14.8. The second kappa shape index (κ2) is 10.1. The van der Waals surface area contributed by atoms with Gasteiger partial charge in [-0.3, -0.25) is 0 Å². The molecule has 1 aliphatic rings. The summed E-state index contributed by atoms with van der Waals surface area (Å²) in [6, 6.07) is 6.98. The topological polar surface area (TPSA) is 18.5 Å². The molecule has 0 aromatic heterocycles. The van der Waals surface area contributed by atoms with Gasteiger partial charge in [-0.1, -0.05) is 24.1 Å². The summed E-state index contributed by atoms with van der Waals surface area (Å²) < 4.78 is 120. The van der Waals surface area contributed by atoms with Gasteiger partial charge >= 0.3 is 12.3 Å². The van der Waals surface area contributed by atoms with Crippen LogP contribution >= 0.6 is 0 Å². The first-order valence-electron chi connectivity index (χ1n) is 11.0. The fraction of sp³-hybridized carbons (Fsp3) is 0.259. The first kappa shape index (κ1) is 26.5. The fourth-order valence-electron chi connectivity index (χ4n) is 4.07. The average molecular weight is 526 g/mol. The summed E-state index contributed by atoms with van der Waals surface area (Å²) in [5.74, 6) is -3.38. The average Bonchev–Trinajstić information content (AvgIpc) is 2.82. The van der Waals surface area contributed by atoms with Gasteiger partial charge in [-0.25, -0.2) is 13.2 Å². The number of hydrogen-bond acceptors (Lipinski definition) is 2. The van der Waals surface area contributed by atoms with Gasteiger partial charge in [-0.2, -0.15) is 22.0 Å². The quantitative estimate of drug-likeness (QED) is 0.192. The summed E-state index contributed by atoms with van der Waals surface area (Å²) in [7, 11) is 0. The minimum absolute atomic E-state index is 0.0184. The molecule has 1 heterocycles. The van der Waals surface area contributed by atoms with E-state index in [4.69, 9.17) is 4.74 Å². The van der Waals surface area contributed by atoms with Crippen molar-refractivity contribution in [3.8, 4) is 17.6 Å². The predicted molar refractivity (Wildman–Crippen MR) is 120 cm³/mol. The van der Waals surface area contributed by atoms with Gasteiger partial charge in [0.05, 0.1) is 29.2 Å². The third-order valence-electron chi connectivity index (χ3n) is 5.92. The van der Waals surface area contributed by atoms with E-state index in [0.29, 0.717) is 24.7 Å². The molecular weight excluding hydrogens is 508 g/mol. The molecule has 2 atom stereocenters. The lowest BCUT2D eigenvalue weighted by Crippen LogP contribution is -2.24. The molecule has 0 bridgehead atoms. The highest BCUT2D eigenvalue weighted by atomic mass is 19.4. The van der Waals surface area contributed by atoms with Gasteiger partial charge in [0, 0.05) is 17.9 Å². The molecule has 0 aliphatic carbocycles. The molecule has 4 rings (SSSR count). The third kappa shape index (κ3) is 5.88. The van der Waals surface area contributed by atoms with Crippen LogP contribution in [0.25, 0.3) is 10.8 Å². The lowest BCUT2D eigenvalue weighted by Gasteiger charge is -2.27. The molecule has 3 aromatic carbocycles. The lowest BCUT2D eigenvalue weighted by atomic mass is 9.91. The molecule has 0 radical (unpaired) electrons. The molecule has 0 spiro atoms. The molecule has 0 N–H and O–H groups in total. The van der Waals surface area contributed by atoms with Gasteiger partial charge < -0.3 is 9.47 Å². The van der Waals surface area contributed by atoms with Crippen molar-refractivity contribution in [2.24, 2.45) is 0 Å². The summed E-state index contributed by atoms with van der Waals surface area (Å²) in [6.07, 6.45) is -5.78. The van der Waals surface area contributed by atoms with Crippen LogP contribution in [0, 0.1) is 29.3 Å². The van der Waals surface area contributed by atoms with E-state index < -0.39 is 57.4 Å². The van der Waals surface area contributed by atoms with E-state index in [0.717, 1.165) is 36.6 Å². The Balaban J connectivity index is 1.58. The fourth-order valence-corrected chi connectivity index (χ4v) is 4.07. The summed E-state index contributed by atoms with van der Waals surface area (Å²) in [6.45, 7) is 4.09. The Morgan fingerprint density at radius 3 is 2.24 bits per heavy atom. The third-order valence-corrected chi connectivity index (χ3v) is 5.92. The number of hydrogen-bond donors (Lipinski definition) is 0. The molecule has 2 unspecified atom stereocenters. The van der Waals surface area contributed by atoms with Crippen molar-refractivity contribution < 1.29 is 44.6 Å². The summed E-state index contributed by atoms with van der Waals surface area (Å²) >= 11 is 0. The molecule has 2 nitrogen and oxygen atoms in total. The van der Waals surface area contributed by atoms with Crippen LogP contribution in [0.1, 0.15) is 35.4 Å². The number of fused-ring (bicyclic) bond motifs is 1. The van der Waals surface area contributed by atoms with Crippen LogP contribution in [0.4, 0.5) is 35.1 Å². The Kier molecular flexibility index (Phi) is 7.20. The van der Waals surface area contributed by atoms with E-state index >= 15 is 0 Å². The van der Waals surface area contributed by atoms with Crippen LogP contribution in [0.5, 0.6) is 5.75 Å². The van der Waals surface area contributed by atoms with E-state index in [2.05, 4.69) is 11.3 Å². The number of ether oxygens (including phenoxy) is 2. The normalized spacial score (nSPS) is 18.3. The lowest BCUT2D eigenvalue weighted by molar-refractivity contribution is -0.185. The molecule has 37 heavy (non-hydrogen) atoms. The van der Waals surface area contributed by atoms with Gasteiger partial charge in [-0.05, 0) is 48.1 Å². The van der Waals surface area contributed by atoms with Crippen molar-refractivity contribution in [1.82, 2.24) is 0 Å². The Morgan fingerprint density at radius 2 is 1.65 bits per heavy atom.